The van der Waals surface area contributed by atoms with Crippen molar-refractivity contribution in [3.8, 4) is 11.5 Å². The van der Waals surface area contributed by atoms with Crippen LogP contribution >= 0.6 is 0 Å². The van der Waals surface area contributed by atoms with E-state index in [4.69, 9.17) is 19.9 Å². The molecule has 0 aromatic heterocycles. The van der Waals surface area contributed by atoms with Crippen molar-refractivity contribution in [1.82, 2.24) is 4.90 Å². The molecule has 0 radical (unpaired) electrons. The Labute approximate surface area is 174 Å². The molecule has 4 atom stereocenters. The van der Waals surface area contributed by atoms with E-state index in [2.05, 4.69) is 24.0 Å². The number of nitrogens with two attached hydrogens (primary N) is 1. The Morgan fingerprint density at radius 2 is 1.93 bits per heavy atom. The summed E-state index contributed by atoms with van der Waals surface area (Å²) in [5.74, 6) is 1.66. The monoisotopic (exact) mass is 404 g/mol. The molecule has 6 heteroatoms. The first-order chi connectivity index (χ1) is 13.9. The molecule has 1 saturated heterocycles. The van der Waals surface area contributed by atoms with Crippen molar-refractivity contribution < 1.29 is 19.0 Å². The van der Waals surface area contributed by atoms with Crippen molar-refractivity contribution in [2.75, 3.05) is 27.3 Å². The average molecular weight is 405 g/mol. The van der Waals surface area contributed by atoms with E-state index >= 15 is 0 Å². The zero-order chi connectivity index (χ0) is 21.1. The number of piperidine rings is 1. The second-order valence-electron chi connectivity index (χ2n) is 8.70. The van der Waals surface area contributed by atoms with Gasteiger partial charge in [0.15, 0.2) is 11.5 Å². The Balaban J connectivity index is 1.87. The highest BCUT2D eigenvalue weighted by atomic mass is 16.5. The van der Waals surface area contributed by atoms with Crippen molar-refractivity contribution in [2.24, 2.45) is 17.6 Å². The van der Waals surface area contributed by atoms with Gasteiger partial charge in [0.1, 0.15) is 12.1 Å². The van der Waals surface area contributed by atoms with Gasteiger partial charge in [-0.2, -0.15) is 0 Å². The lowest BCUT2D eigenvalue weighted by Crippen LogP contribution is -2.50. The van der Waals surface area contributed by atoms with Gasteiger partial charge in [-0.05, 0) is 42.0 Å². The molecule has 0 bridgehead atoms. The summed E-state index contributed by atoms with van der Waals surface area (Å²) in [6.45, 7) is 8.05. The molecule has 162 valence electrons. The quantitative estimate of drug-likeness (QED) is 0.703. The molecule has 1 aromatic rings. The molecule has 0 aliphatic carbocycles. The average Bonchev–Trinajstić information content (AvgIpc) is 2.72. The smallest absolute Gasteiger partial charge is 0.323 e. The van der Waals surface area contributed by atoms with Crippen molar-refractivity contribution in [3.05, 3.63) is 23.3 Å². The van der Waals surface area contributed by atoms with Crippen molar-refractivity contribution in [3.63, 3.8) is 0 Å². The number of methoxy groups -OCH3 is 2. The summed E-state index contributed by atoms with van der Waals surface area (Å²) in [5, 5.41) is 0. The van der Waals surface area contributed by atoms with Gasteiger partial charge in [0.2, 0.25) is 0 Å². The number of ether oxygens (including phenoxy) is 3. The number of benzene rings is 1. The predicted molar refractivity (Wildman–Crippen MR) is 113 cm³/mol. The van der Waals surface area contributed by atoms with Crippen molar-refractivity contribution in [2.45, 2.75) is 64.6 Å². The molecule has 1 fully saturated rings. The molecule has 0 spiro atoms. The van der Waals surface area contributed by atoms with Gasteiger partial charge in [-0.3, -0.25) is 9.69 Å². The van der Waals surface area contributed by atoms with Gasteiger partial charge in [-0.15, -0.1) is 0 Å². The van der Waals surface area contributed by atoms with Crippen LogP contribution in [0.25, 0.3) is 0 Å². The summed E-state index contributed by atoms with van der Waals surface area (Å²) in [6, 6.07) is 3.85. The molecule has 2 heterocycles. The number of carbonyl (C=O) groups excluding carboxylic acids is 1. The van der Waals surface area contributed by atoms with Crippen LogP contribution in [0.2, 0.25) is 0 Å². The molecular formula is C23H36N2O4. The largest absolute Gasteiger partial charge is 0.493 e. The maximum atomic E-state index is 12.6. The van der Waals surface area contributed by atoms with E-state index in [-0.39, 0.29) is 24.0 Å². The van der Waals surface area contributed by atoms with Crippen LogP contribution in [-0.2, 0) is 16.0 Å². The lowest BCUT2D eigenvalue weighted by atomic mass is 9.80. The van der Waals surface area contributed by atoms with Crippen LogP contribution in [0.15, 0.2) is 12.1 Å². The maximum absolute atomic E-state index is 12.6. The number of hydrogen-bond donors (Lipinski definition) is 1. The van der Waals surface area contributed by atoms with Crippen LogP contribution in [0, 0.1) is 11.8 Å². The van der Waals surface area contributed by atoms with Gasteiger partial charge in [0.25, 0.3) is 0 Å². The summed E-state index contributed by atoms with van der Waals surface area (Å²) in [5.41, 5.74) is 8.61. The molecule has 0 unspecified atom stereocenters. The molecule has 29 heavy (non-hydrogen) atoms. The Hall–Kier alpha value is -1.79. The van der Waals surface area contributed by atoms with Gasteiger partial charge in [0.05, 0.1) is 14.2 Å². The fraction of sp³-hybridized carbons (Fsp3) is 0.696. The van der Waals surface area contributed by atoms with E-state index < -0.39 is 6.04 Å². The van der Waals surface area contributed by atoms with E-state index in [1.807, 2.05) is 13.8 Å². The lowest BCUT2D eigenvalue weighted by molar-refractivity contribution is -0.160. The highest BCUT2D eigenvalue weighted by Crippen LogP contribution is 2.44. The number of nitrogens with zero attached hydrogens (tertiary/aromatic N) is 1. The third kappa shape index (κ3) is 4.53. The Kier molecular flexibility index (Phi) is 7.06. The van der Waals surface area contributed by atoms with Gasteiger partial charge in [-0.1, -0.05) is 27.2 Å². The van der Waals surface area contributed by atoms with Crippen LogP contribution in [0.4, 0.5) is 0 Å². The molecule has 3 rings (SSSR count). The summed E-state index contributed by atoms with van der Waals surface area (Å²) >= 11 is 0. The number of fused-ring (bicyclic) bond motifs is 3. The lowest BCUT2D eigenvalue weighted by Gasteiger charge is -2.47. The van der Waals surface area contributed by atoms with E-state index in [1.54, 1.807) is 14.2 Å². The summed E-state index contributed by atoms with van der Waals surface area (Å²) in [7, 11) is 3.34. The van der Waals surface area contributed by atoms with Gasteiger partial charge in [-0.25, -0.2) is 0 Å². The van der Waals surface area contributed by atoms with Crippen molar-refractivity contribution in [1.29, 1.82) is 0 Å². The molecule has 2 aliphatic heterocycles. The van der Waals surface area contributed by atoms with Crippen LogP contribution in [-0.4, -0.2) is 50.3 Å². The Morgan fingerprint density at radius 1 is 1.24 bits per heavy atom. The normalized spacial score (nSPS) is 25.1. The standard InChI is InChI=1S/C23H36N2O4/c1-6-7-16-13-25-9-8-15-10-20(27-4)21(28-5)11-17(15)18(25)12-19(16)29-23(26)22(24)14(2)3/h10-11,14,16,18-19,22H,6-9,12-13,24H2,1-5H3/t16-,18+,19+,22+/m1/s1. The zero-order valence-corrected chi connectivity index (χ0v) is 18.4. The number of rotatable bonds is 7. The van der Waals surface area contributed by atoms with Crippen LogP contribution < -0.4 is 15.2 Å². The first kappa shape index (κ1) is 21.9. The third-order valence-corrected chi connectivity index (χ3v) is 6.48. The van der Waals surface area contributed by atoms with Crippen LogP contribution in [0.1, 0.15) is 57.2 Å². The third-order valence-electron chi connectivity index (χ3n) is 6.48. The zero-order valence-electron chi connectivity index (χ0n) is 18.4. The van der Waals surface area contributed by atoms with Crippen LogP contribution in [0.5, 0.6) is 11.5 Å². The number of carbonyl (C=O) groups is 1. The molecular weight excluding hydrogens is 368 g/mol. The second-order valence-corrected chi connectivity index (χ2v) is 8.70. The van der Waals surface area contributed by atoms with E-state index in [1.165, 1.54) is 11.1 Å². The first-order valence-electron chi connectivity index (χ1n) is 10.8. The maximum Gasteiger partial charge on any atom is 0.323 e. The molecule has 6 nitrogen and oxygen atoms in total. The van der Waals surface area contributed by atoms with Crippen molar-refractivity contribution >= 4 is 5.97 Å². The van der Waals surface area contributed by atoms with Gasteiger partial charge in [0, 0.05) is 31.5 Å². The number of hydrogen-bond acceptors (Lipinski definition) is 6. The van der Waals surface area contributed by atoms with Crippen LogP contribution in [0.3, 0.4) is 0 Å². The minimum absolute atomic E-state index is 0.0688. The van der Waals surface area contributed by atoms with Gasteiger partial charge < -0.3 is 19.9 Å². The number of esters is 1. The second kappa shape index (κ2) is 9.35. The summed E-state index contributed by atoms with van der Waals surface area (Å²) in [4.78, 5) is 15.1. The van der Waals surface area contributed by atoms with Gasteiger partial charge >= 0.3 is 5.97 Å². The highest BCUT2D eigenvalue weighted by Gasteiger charge is 2.41. The fourth-order valence-electron chi connectivity index (χ4n) is 4.70. The van der Waals surface area contributed by atoms with E-state index in [0.29, 0.717) is 5.92 Å². The minimum Gasteiger partial charge on any atom is -0.493 e. The molecule has 0 saturated carbocycles. The first-order valence-corrected chi connectivity index (χ1v) is 10.8. The minimum atomic E-state index is -0.571. The molecule has 2 N–H and O–H groups in total. The van der Waals surface area contributed by atoms with E-state index in [0.717, 1.165) is 50.3 Å². The summed E-state index contributed by atoms with van der Waals surface area (Å²) < 4.78 is 17.0. The SMILES string of the molecule is CCC[C@@H]1CN2CCc3cc(OC)c(OC)cc3[C@@H]2C[C@@H]1OC(=O)[C@@H](N)C(C)C. The highest BCUT2D eigenvalue weighted by molar-refractivity contribution is 5.76. The predicted octanol–water partition coefficient (Wildman–Crippen LogP) is 3.32. The summed E-state index contributed by atoms with van der Waals surface area (Å²) in [6.07, 6.45) is 3.82. The Bertz CT molecular complexity index is 721. The molecule has 2 aliphatic rings. The molecule has 1 aromatic carbocycles. The fourth-order valence-corrected chi connectivity index (χ4v) is 4.70. The Morgan fingerprint density at radius 3 is 2.55 bits per heavy atom. The molecule has 0 amide bonds. The topological polar surface area (TPSA) is 74.0 Å². The van der Waals surface area contributed by atoms with E-state index in [9.17, 15) is 4.79 Å².